The second-order valence-electron chi connectivity index (χ2n) is 9.21. The average molecular weight is 385 g/mol. The Kier molecular flexibility index (Phi) is 8.75. The van der Waals surface area contributed by atoms with Crippen molar-refractivity contribution in [3.63, 3.8) is 0 Å². The standard InChI is InChI=1S/C26H41P/c1-17(2)11-13-20(7)24-22(9)26(10,16-15-19(5)6)21(8)23(25(24)27)14-12-18(3)4/h12,15,17H,7,9,11,13-14,16,27H2,1-6,8,10H3. The largest absolute Gasteiger partial charge is 0.105 e. The van der Waals surface area contributed by atoms with Gasteiger partial charge in [-0.05, 0) is 93.8 Å². The third-order valence-corrected chi connectivity index (χ3v) is 6.49. The highest BCUT2D eigenvalue weighted by atomic mass is 31.0. The molecule has 2 atom stereocenters. The van der Waals surface area contributed by atoms with Gasteiger partial charge in [-0.3, -0.25) is 0 Å². The van der Waals surface area contributed by atoms with E-state index in [0.29, 0.717) is 5.92 Å². The molecule has 1 aliphatic rings. The van der Waals surface area contributed by atoms with Crippen LogP contribution in [0.3, 0.4) is 0 Å². The van der Waals surface area contributed by atoms with E-state index in [1.165, 1.54) is 50.7 Å². The van der Waals surface area contributed by atoms with Gasteiger partial charge in [0.2, 0.25) is 0 Å². The van der Waals surface area contributed by atoms with Crippen LogP contribution in [-0.4, -0.2) is 0 Å². The smallest absolute Gasteiger partial charge is 0.0171 e. The minimum Gasteiger partial charge on any atom is -0.105 e. The fourth-order valence-electron chi connectivity index (χ4n) is 3.60. The highest BCUT2D eigenvalue weighted by Gasteiger charge is 2.37. The molecule has 0 nitrogen and oxygen atoms in total. The van der Waals surface area contributed by atoms with Crippen LogP contribution in [0.2, 0.25) is 0 Å². The topological polar surface area (TPSA) is 0 Å². The summed E-state index contributed by atoms with van der Waals surface area (Å²) in [6.07, 6.45) is 8.88. The summed E-state index contributed by atoms with van der Waals surface area (Å²) in [5.74, 6) is 0.687. The Morgan fingerprint density at radius 1 is 1.11 bits per heavy atom. The summed E-state index contributed by atoms with van der Waals surface area (Å²) in [5.41, 5.74) is 9.35. The van der Waals surface area contributed by atoms with E-state index in [0.717, 1.165) is 19.3 Å². The Hall–Kier alpha value is -1.13. The first-order valence-corrected chi connectivity index (χ1v) is 10.8. The number of rotatable bonds is 8. The lowest BCUT2D eigenvalue weighted by molar-refractivity contribution is 0.480. The van der Waals surface area contributed by atoms with Crippen molar-refractivity contribution in [2.75, 3.05) is 0 Å². The highest BCUT2D eigenvalue weighted by Crippen LogP contribution is 2.53. The van der Waals surface area contributed by atoms with Gasteiger partial charge in [-0.1, -0.05) is 62.8 Å². The van der Waals surface area contributed by atoms with Crippen LogP contribution in [0, 0.1) is 11.3 Å². The second kappa shape index (κ2) is 9.88. The van der Waals surface area contributed by atoms with Crippen molar-refractivity contribution >= 4 is 9.24 Å². The third-order valence-electron chi connectivity index (χ3n) is 5.85. The number of hydrogen-bond acceptors (Lipinski definition) is 0. The molecule has 0 aromatic rings. The number of allylic oxidation sites excluding steroid dienone is 10. The molecular weight excluding hydrogens is 343 g/mol. The Morgan fingerprint density at radius 2 is 1.67 bits per heavy atom. The molecule has 27 heavy (non-hydrogen) atoms. The van der Waals surface area contributed by atoms with Gasteiger partial charge in [0.25, 0.3) is 0 Å². The van der Waals surface area contributed by atoms with Crippen molar-refractivity contribution in [2.24, 2.45) is 11.3 Å². The van der Waals surface area contributed by atoms with Gasteiger partial charge in [0.1, 0.15) is 0 Å². The van der Waals surface area contributed by atoms with Crippen LogP contribution in [-0.2, 0) is 0 Å². The van der Waals surface area contributed by atoms with Crippen LogP contribution in [0.25, 0.3) is 0 Å². The first-order chi connectivity index (χ1) is 12.4. The highest BCUT2D eigenvalue weighted by molar-refractivity contribution is 7.23. The van der Waals surface area contributed by atoms with E-state index in [1.807, 2.05) is 0 Å². The molecule has 0 N–H and O–H groups in total. The molecule has 0 aliphatic heterocycles. The summed E-state index contributed by atoms with van der Waals surface area (Å²) in [4.78, 5) is 0. The summed E-state index contributed by atoms with van der Waals surface area (Å²) < 4.78 is 0. The molecule has 0 aromatic heterocycles. The second-order valence-corrected chi connectivity index (χ2v) is 9.79. The fourth-order valence-corrected chi connectivity index (χ4v) is 4.31. The van der Waals surface area contributed by atoms with Gasteiger partial charge < -0.3 is 0 Å². The summed E-state index contributed by atoms with van der Waals surface area (Å²) in [6, 6.07) is 0. The van der Waals surface area contributed by atoms with Crippen LogP contribution in [0.4, 0.5) is 0 Å². The monoisotopic (exact) mass is 384 g/mol. The van der Waals surface area contributed by atoms with Crippen molar-refractivity contribution in [1.82, 2.24) is 0 Å². The van der Waals surface area contributed by atoms with Gasteiger partial charge in [0.15, 0.2) is 0 Å². The van der Waals surface area contributed by atoms with Gasteiger partial charge in [-0.2, -0.15) is 0 Å². The lowest BCUT2D eigenvalue weighted by Gasteiger charge is -2.41. The molecule has 150 valence electrons. The maximum atomic E-state index is 4.59. The van der Waals surface area contributed by atoms with Gasteiger partial charge in [-0.25, -0.2) is 0 Å². The van der Waals surface area contributed by atoms with E-state index in [4.69, 9.17) is 0 Å². The molecule has 1 rings (SSSR count). The maximum absolute atomic E-state index is 4.59. The van der Waals surface area contributed by atoms with Gasteiger partial charge >= 0.3 is 0 Å². The lowest BCUT2D eigenvalue weighted by Crippen LogP contribution is -2.27. The molecular formula is C26H41P. The predicted octanol–water partition coefficient (Wildman–Crippen LogP) is 8.71. The van der Waals surface area contributed by atoms with Gasteiger partial charge in [-0.15, -0.1) is 9.24 Å². The quantitative estimate of drug-likeness (QED) is 0.290. The zero-order valence-electron chi connectivity index (χ0n) is 19.1. The summed E-state index contributed by atoms with van der Waals surface area (Å²) in [6.45, 7) is 27.0. The van der Waals surface area contributed by atoms with Gasteiger partial charge in [0, 0.05) is 5.41 Å². The first kappa shape index (κ1) is 23.9. The van der Waals surface area contributed by atoms with E-state index in [-0.39, 0.29) is 5.41 Å². The van der Waals surface area contributed by atoms with E-state index in [2.05, 4.69) is 89.9 Å². The maximum Gasteiger partial charge on any atom is 0.0171 e. The molecule has 0 spiro atoms. The molecule has 0 fully saturated rings. The molecule has 0 aromatic carbocycles. The third kappa shape index (κ3) is 5.92. The van der Waals surface area contributed by atoms with Gasteiger partial charge in [0.05, 0.1) is 0 Å². The molecule has 0 saturated carbocycles. The minimum atomic E-state index is -0.0434. The Morgan fingerprint density at radius 3 is 2.15 bits per heavy atom. The first-order valence-electron chi connectivity index (χ1n) is 10.3. The van der Waals surface area contributed by atoms with E-state index >= 15 is 0 Å². The SMILES string of the molecule is C=C(CCC(C)C)C1=C(P)C(CC=C(C)C)=C(C)C(C)(CC=C(C)C)C1=C. The van der Waals surface area contributed by atoms with Crippen LogP contribution in [0.5, 0.6) is 0 Å². The average Bonchev–Trinajstić information content (AvgIpc) is 2.56. The molecule has 1 aliphatic carbocycles. The molecule has 0 amide bonds. The zero-order chi connectivity index (χ0) is 20.9. The van der Waals surface area contributed by atoms with Crippen LogP contribution >= 0.6 is 9.24 Å². The molecule has 1 heteroatoms. The fraction of sp³-hybridized carbons (Fsp3) is 0.538. The summed E-state index contributed by atoms with van der Waals surface area (Å²) in [7, 11) is 3.02. The molecule has 0 heterocycles. The van der Waals surface area contributed by atoms with Crippen molar-refractivity contribution in [3.05, 3.63) is 69.6 Å². The van der Waals surface area contributed by atoms with E-state index < -0.39 is 0 Å². The van der Waals surface area contributed by atoms with E-state index in [1.54, 1.807) is 0 Å². The van der Waals surface area contributed by atoms with E-state index in [9.17, 15) is 0 Å². The van der Waals surface area contributed by atoms with Crippen molar-refractivity contribution in [2.45, 2.75) is 81.1 Å². The van der Waals surface area contributed by atoms with Crippen LogP contribution in [0.1, 0.15) is 81.1 Å². The molecule has 0 saturated heterocycles. The molecule has 2 unspecified atom stereocenters. The molecule has 0 radical (unpaired) electrons. The Balaban J connectivity index is 3.50. The van der Waals surface area contributed by atoms with Crippen LogP contribution in [0.15, 0.2) is 69.6 Å². The minimum absolute atomic E-state index is 0.0434. The van der Waals surface area contributed by atoms with Crippen LogP contribution < -0.4 is 0 Å². The molecule has 0 bridgehead atoms. The predicted molar refractivity (Wildman–Crippen MR) is 128 cm³/mol. The summed E-state index contributed by atoms with van der Waals surface area (Å²) in [5, 5.41) is 1.30. The summed E-state index contributed by atoms with van der Waals surface area (Å²) >= 11 is 0. The lowest BCUT2D eigenvalue weighted by atomic mass is 9.64. The van der Waals surface area contributed by atoms with Crippen molar-refractivity contribution in [1.29, 1.82) is 0 Å². The Labute approximate surface area is 171 Å². The van der Waals surface area contributed by atoms with Crippen molar-refractivity contribution in [3.8, 4) is 0 Å². The van der Waals surface area contributed by atoms with Crippen molar-refractivity contribution < 1.29 is 0 Å². The number of hydrogen-bond donors (Lipinski definition) is 0. The zero-order valence-corrected chi connectivity index (χ0v) is 20.2. The normalized spacial score (nSPS) is 20.3. The Bertz CT molecular complexity index is 713.